The molecule has 1 aromatic carbocycles. The normalized spacial score (nSPS) is 10.7. The van der Waals surface area contributed by atoms with Crippen molar-refractivity contribution in [3.05, 3.63) is 29.8 Å². The molecule has 0 amide bonds. The quantitative estimate of drug-likeness (QED) is 0.747. The van der Waals surface area contributed by atoms with Gasteiger partial charge in [0, 0.05) is 18.3 Å². The van der Waals surface area contributed by atoms with Crippen LogP contribution >= 0.6 is 0 Å². The molecule has 2 nitrogen and oxygen atoms in total. The molecule has 0 radical (unpaired) electrons. The summed E-state index contributed by atoms with van der Waals surface area (Å²) in [5.74, 6) is 0. The first-order valence-corrected chi connectivity index (χ1v) is 5.80. The Morgan fingerprint density at radius 3 is 2.53 bits per heavy atom. The van der Waals surface area contributed by atoms with Gasteiger partial charge in [0.2, 0.25) is 0 Å². The van der Waals surface area contributed by atoms with Crippen LogP contribution in [0.15, 0.2) is 24.3 Å². The fourth-order valence-corrected chi connectivity index (χ4v) is 1.70. The second kappa shape index (κ2) is 6.46. The van der Waals surface area contributed by atoms with Gasteiger partial charge in [-0.25, -0.2) is 0 Å². The predicted octanol–water partition coefficient (Wildman–Crippen LogP) is 3.01. The van der Waals surface area contributed by atoms with Crippen molar-refractivity contribution in [2.45, 2.75) is 39.3 Å². The van der Waals surface area contributed by atoms with Gasteiger partial charge in [0.1, 0.15) is 0 Å². The molecule has 0 aliphatic carbocycles. The minimum Gasteiger partial charge on any atom is -0.382 e. The number of rotatable bonds is 6. The Labute approximate surface area is 93.1 Å². The van der Waals surface area contributed by atoms with Crippen molar-refractivity contribution in [1.82, 2.24) is 5.32 Å². The zero-order valence-corrected chi connectivity index (χ0v) is 10.0. The minimum absolute atomic E-state index is 0.592. The highest BCUT2D eigenvalue weighted by Gasteiger charge is 2.02. The molecule has 0 aliphatic heterocycles. The molecule has 0 bridgehead atoms. The van der Waals surface area contributed by atoms with Crippen LogP contribution in [0.5, 0.6) is 0 Å². The molecule has 2 N–H and O–H groups in total. The van der Waals surface area contributed by atoms with Crippen molar-refractivity contribution in [1.29, 1.82) is 0 Å². The maximum absolute atomic E-state index is 3.55. The third-order valence-electron chi connectivity index (χ3n) is 2.66. The summed E-state index contributed by atoms with van der Waals surface area (Å²) in [6, 6.07) is 9.20. The monoisotopic (exact) mass is 206 g/mol. The third-order valence-corrected chi connectivity index (χ3v) is 2.66. The first-order chi connectivity index (χ1) is 7.30. The van der Waals surface area contributed by atoms with Crippen molar-refractivity contribution in [2.75, 3.05) is 12.4 Å². The molecular weight excluding hydrogens is 184 g/mol. The first kappa shape index (κ1) is 12.1. The second-order valence-electron chi connectivity index (χ2n) is 3.89. The van der Waals surface area contributed by atoms with Crippen LogP contribution in [-0.2, 0) is 6.54 Å². The third kappa shape index (κ3) is 3.92. The van der Waals surface area contributed by atoms with Crippen LogP contribution in [0.3, 0.4) is 0 Å². The Balaban J connectivity index is 2.64. The summed E-state index contributed by atoms with van der Waals surface area (Å²) >= 11 is 0. The van der Waals surface area contributed by atoms with E-state index in [-0.39, 0.29) is 0 Å². The minimum atomic E-state index is 0.592. The van der Waals surface area contributed by atoms with Crippen LogP contribution in [-0.4, -0.2) is 13.1 Å². The summed E-state index contributed by atoms with van der Waals surface area (Å²) < 4.78 is 0. The van der Waals surface area contributed by atoms with Crippen molar-refractivity contribution in [2.24, 2.45) is 0 Å². The highest BCUT2D eigenvalue weighted by Crippen LogP contribution is 2.13. The molecule has 0 spiro atoms. The number of benzene rings is 1. The number of nitrogens with one attached hydrogen (secondary N) is 2. The molecule has 0 unspecified atom stereocenters. The lowest BCUT2D eigenvalue weighted by atomic mass is 10.1. The van der Waals surface area contributed by atoms with Gasteiger partial charge in [0.15, 0.2) is 0 Å². The first-order valence-electron chi connectivity index (χ1n) is 5.80. The maximum atomic E-state index is 3.55. The summed E-state index contributed by atoms with van der Waals surface area (Å²) in [6.07, 6.45) is 2.35. The van der Waals surface area contributed by atoms with Crippen molar-refractivity contribution < 1.29 is 0 Å². The molecule has 0 aromatic heterocycles. The van der Waals surface area contributed by atoms with Gasteiger partial charge in [-0.3, -0.25) is 0 Å². The zero-order valence-electron chi connectivity index (χ0n) is 10.0. The Morgan fingerprint density at radius 1 is 1.20 bits per heavy atom. The van der Waals surface area contributed by atoms with E-state index in [0.717, 1.165) is 6.54 Å². The molecule has 0 fully saturated rings. The SMILES string of the molecule is CCC(CC)Nc1cccc(CNC)c1. The lowest BCUT2D eigenvalue weighted by Gasteiger charge is -2.16. The van der Waals surface area contributed by atoms with E-state index < -0.39 is 0 Å². The van der Waals surface area contributed by atoms with Crippen molar-refractivity contribution in [3.8, 4) is 0 Å². The molecule has 84 valence electrons. The number of hydrogen-bond acceptors (Lipinski definition) is 2. The second-order valence-corrected chi connectivity index (χ2v) is 3.89. The zero-order chi connectivity index (χ0) is 11.1. The fraction of sp³-hybridized carbons (Fsp3) is 0.538. The molecule has 0 saturated carbocycles. The summed E-state index contributed by atoms with van der Waals surface area (Å²) in [5, 5.41) is 6.71. The molecule has 0 heterocycles. The van der Waals surface area contributed by atoms with Crippen molar-refractivity contribution in [3.63, 3.8) is 0 Å². The van der Waals surface area contributed by atoms with Crippen LogP contribution < -0.4 is 10.6 Å². The van der Waals surface area contributed by atoms with Gasteiger partial charge in [-0.1, -0.05) is 26.0 Å². The van der Waals surface area contributed by atoms with E-state index in [9.17, 15) is 0 Å². The van der Waals surface area contributed by atoms with E-state index in [1.54, 1.807) is 0 Å². The Hall–Kier alpha value is -1.02. The van der Waals surface area contributed by atoms with Crippen LogP contribution in [0.25, 0.3) is 0 Å². The Morgan fingerprint density at radius 2 is 1.93 bits per heavy atom. The topological polar surface area (TPSA) is 24.1 Å². The van der Waals surface area contributed by atoms with E-state index in [0.29, 0.717) is 6.04 Å². The summed E-state index contributed by atoms with van der Waals surface area (Å²) in [7, 11) is 1.97. The molecule has 0 atom stereocenters. The van der Waals surface area contributed by atoms with Gasteiger partial charge < -0.3 is 10.6 Å². The lowest BCUT2D eigenvalue weighted by molar-refractivity contribution is 0.671. The van der Waals surface area contributed by atoms with E-state index in [2.05, 4.69) is 48.7 Å². The van der Waals surface area contributed by atoms with Crippen molar-refractivity contribution >= 4 is 5.69 Å². The standard InChI is InChI=1S/C13H22N2/c1-4-12(5-2)15-13-8-6-7-11(9-13)10-14-3/h6-9,12,14-15H,4-5,10H2,1-3H3. The van der Waals surface area contributed by atoms with E-state index in [4.69, 9.17) is 0 Å². The summed E-state index contributed by atoms with van der Waals surface area (Å²) in [4.78, 5) is 0. The maximum Gasteiger partial charge on any atom is 0.0345 e. The van der Waals surface area contributed by atoms with Crippen LogP contribution in [0, 0.1) is 0 Å². The van der Waals surface area contributed by atoms with Gasteiger partial charge >= 0.3 is 0 Å². The molecule has 0 saturated heterocycles. The van der Waals surface area contributed by atoms with Gasteiger partial charge in [-0.15, -0.1) is 0 Å². The lowest BCUT2D eigenvalue weighted by Crippen LogP contribution is -2.17. The fourth-order valence-electron chi connectivity index (χ4n) is 1.70. The summed E-state index contributed by atoms with van der Waals surface area (Å²) in [6.45, 7) is 5.37. The molecule has 2 heteroatoms. The predicted molar refractivity (Wildman–Crippen MR) is 67.2 cm³/mol. The number of anilines is 1. The Kier molecular flexibility index (Phi) is 5.19. The Bertz CT molecular complexity index is 280. The van der Waals surface area contributed by atoms with Gasteiger partial charge in [-0.2, -0.15) is 0 Å². The molecule has 1 rings (SSSR count). The molecule has 15 heavy (non-hydrogen) atoms. The van der Waals surface area contributed by atoms with Crippen LogP contribution in [0.4, 0.5) is 5.69 Å². The van der Waals surface area contributed by atoms with Crippen LogP contribution in [0.2, 0.25) is 0 Å². The number of hydrogen-bond donors (Lipinski definition) is 2. The average Bonchev–Trinajstić information content (AvgIpc) is 2.27. The van der Waals surface area contributed by atoms with Crippen LogP contribution in [0.1, 0.15) is 32.3 Å². The smallest absolute Gasteiger partial charge is 0.0345 e. The van der Waals surface area contributed by atoms with Gasteiger partial charge in [0.25, 0.3) is 0 Å². The van der Waals surface area contributed by atoms with E-state index in [1.165, 1.54) is 24.1 Å². The van der Waals surface area contributed by atoms with Gasteiger partial charge in [0.05, 0.1) is 0 Å². The summed E-state index contributed by atoms with van der Waals surface area (Å²) in [5.41, 5.74) is 2.56. The van der Waals surface area contributed by atoms with E-state index >= 15 is 0 Å². The molecule has 1 aromatic rings. The largest absolute Gasteiger partial charge is 0.382 e. The van der Waals surface area contributed by atoms with E-state index in [1.807, 2.05) is 7.05 Å². The molecular formula is C13H22N2. The molecule has 0 aliphatic rings. The highest BCUT2D eigenvalue weighted by atomic mass is 14.9. The average molecular weight is 206 g/mol. The highest BCUT2D eigenvalue weighted by molar-refractivity contribution is 5.46. The van der Waals surface area contributed by atoms with Gasteiger partial charge in [-0.05, 0) is 37.6 Å².